The Kier molecular flexibility index (Phi) is 6.36. The van der Waals surface area contributed by atoms with Crippen molar-refractivity contribution in [2.75, 3.05) is 17.7 Å². The zero-order valence-electron chi connectivity index (χ0n) is 12.9. The van der Waals surface area contributed by atoms with E-state index in [-0.39, 0.29) is 5.97 Å². The lowest BCUT2D eigenvalue weighted by atomic mass is 10.00. The molecule has 1 aromatic carbocycles. The maximum absolute atomic E-state index is 11.7. The number of anilines is 2. The minimum absolute atomic E-state index is 0.310. The van der Waals surface area contributed by atoms with E-state index in [4.69, 9.17) is 10.5 Å². The first-order valence-corrected chi connectivity index (χ1v) is 7.31. The number of rotatable bonds is 7. The molecule has 0 amide bonds. The molecule has 3 N–H and O–H groups in total. The van der Waals surface area contributed by atoms with Gasteiger partial charge in [-0.2, -0.15) is 0 Å². The molecule has 0 spiro atoms. The number of hydrogen-bond donors (Lipinski definition) is 2. The van der Waals surface area contributed by atoms with Crippen LogP contribution in [0.5, 0.6) is 0 Å². The van der Waals surface area contributed by atoms with Crippen molar-refractivity contribution in [1.82, 2.24) is 0 Å². The highest BCUT2D eigenvalue weighted by molar-refractivity contribution is 5.92. The number of benzene rings is 1. The van der Waals surface area contributed by atoms with Crippen LogP contribution >= 0.6 is 0 Å². The summed E-state index contributed by atoms with van der Waals surface area (Å²) < 4.78 is 5.00. The summed E-state index contributed by atoms with van der Waals surface area (Å²) in [6.45, 7) is 8.71. The highest BCUT2D eigenvalue weighted by Gasteiger charge is 2.12. The summed E-state index contributed by atoms with van der Waals surface area (Å²) in [5.74, 6) is 0.345. The molecule has 1 rings (SSSR count). The molecule has 0 radical (unpaired) electrons. The SMILES string of the molecule is CCOC(=O)c1ccc(N)c(NC(C)CC(C)CC)c1. The first kappa shape index (κ1) is 16.3. The molecule has 2 unspecified atom stereocenters. The molecule has 0 saturated carbocycles. The molecule has 0 aliphatic heterocycles. The molecule has 4 nitrogen and oxygen atoms in total. The monoisotopic (exact) mass is 278 g/mol. The average Bonchev–Trinajstić information content (AvgIpc) is 2.41. The zero-order chi connectivity index (χ0) is 15.1. The van der Waals surface area contributed by atoms with Crippen molar-refractivity contribution >= 4 is 17.3 Å². The van der Waals surface area contributed by atoms with Crippen LogP contribution in [0.25, 0.3) is 0 Å². The van der Waals surface area contributed by atoms with Crippen molar-refractivity contribution in [3.63, 3.8) is 0 Å². The fourth-order valence-electron chi connectivity index (χ4n) is 2.12. The third-order valence-corrected chi connectivity index (χ3v) is 3.42. The van der Waals surface area contributed by atoms with Crippen LogP contribution in [-0.2, 0) is 4.74 Å². The molecule has 0 heterocycles. The topological polar surface area (TPSA) is 64.3 Å². The molecular weight excluding hydrogens is 252 g/mol. The molecule has 112 valence electrons. The molecule has 0 aliphatic carbocycles. The molecule has 0 fully saturated rings. The van der Waals surface area contributed by atoms with Crippen LogP contribution in [0.15, 0.2) is 18.2 Å². The molecule has 2 atom stereocenters. The number of nitrogens with two attached hydrogens (primary N) is 1. The van der Waals surface area contributed by atoms with Crippen LogP contribution in [0, 0.1) is 5.92 Å². The van der Waals surface area contributed by atoms with Gasteiger partial charge in [-0.05, 0) is 44.4 Å². The molecular formula is C16H26N2O2. The summed E-state index contributed by atoms with van der Waals surface area (Å²) in [6.07, 6.45) is 2.23. The van der Waals surface area contributed by atoms with Gasteiger partial charge in [0.2, 0.25) is 0 Å². The van der Waals surface area contributed by atoms with Gasteiger partial charge in [-0.25, -0.2) is 4.79 Å². The van der Waals surface area contributed by atoms with Crippen molar-refractivity contribution in [3.05, 3.63) is 23.8 Å². The minimum atomic E-state index is -0.315. The number of nitrogens with one attached hydrogen (secondary N) is 1. The normalized spacial score (nSPS) is 13.6. The quantitative estimate of drug-likeness (QED) is 0.590. The van der Waals surface area contributed by atoms with Gasteiger partial charge in [0.25, 0.3) is 0 Å². The van der Waals surface area contributed by atoms with Gasteiger partial charge in [0.15, 0.2) is 0 Å². The van der Waals surface area contributed by atoms with Gasteiger partial charge >= 0.3 is 5.97 Å². The lowest BCUT2D eigenvalue weighted by molar-refractivity contribution is 0.0526. The summed E-state index contributed by atoms with van der Waals surface area (Å²) in [5, 5.41) is 3.38. The predicted octanol–water partition coefficient (Wildman–Crippen LogP) is 3.68. The van der Waals surface area contributed by atoms with Gasteiger partial charge in [-0.1, -0.05) is 20.3 Å². The van der Waals surface area contributed by atoms with Crippen molar-refractivity contribution < 1.29 is 9.53 Å². The summed E-state index contributed by atoms with van der Waals surface area (Å²) in [5.41, 5.74) is 7.93. The summed E-state index contributed by atoms with van der Waals surface area (Å²) >= 11 is 0. The van der Waals surface area contributed by atoms with Gasteiger partial charge in [0, 0.05) is 6.04 Å². The Bertz CT molecular complexity index is 446. The molecule has 4 heteroatoms. The van der Waals surface area contributed by atoms with Gasteiger partial charge in [-0.15, -0.1) is 0 Å². The Balaban J connectivity index is 2.78. The largest absolute Gasteiger partial charge is 0.462 e. The third-order valence-electron chi connectivity index (χ3n) is 3.42. The van der Waals surface area contributed by atoms with E-state index in [1.807, 2.05) is 0 Å². The average molecular weight is 278 g/mol. The zero-order valence-corrected chi connectivity index (χ0v) is 12.9. The highest BCUT2D eigenvalue weighted by Crippen LogP contribution is 2.23. The van der Waals surface area contributed by atoms with Crippen LogP contribution in [0.2, 0.25) is 0 Å². The van der Waals surface area contributed by atoms with E-state index < -0.39 is 0 Å². The van der Waals surface area contributed by atoms with Gasteiger partial charge in [-0.3, -0.25) is 0 Å². The second-order valence-electron chi connectivity index (χ2n) is 5.32. The van der Waals surface area contributed by atoms with Crippen LogP contribution in [-0.4, -0.2) is 18.6 Å². The maximum atomic E-state index is 11.7. The van der Waals surface area contributed by atoms with Gasteiger partial charge in [0.05, 0.1) is 23.5 Å². The first-order valence-electron chi connectivity index (χ1n) is 7.31. The fourth-order valence-corrected chi connectivity index (χ4v) is 2.12. The van der Waals surface area contributed by atoms with E-state index in [0.717, 1.165) is 18.5 Å². The number of carbonyl (C=O) groups is 1. The number of nitrogen functional groups attached to an aromatic ring is 1. The molecule has 0 bridgehead atoms. The van der Waals surface area contributed by atoms with Crippen molar-refractivity contribution in [1.29, 1.82) is 0 Å². The van der Waals surface area contributed by atoms with E-state index >= 15 is 0 Å². The summed E-state index contributed by atoms with van der Waals surface area (Å²) in [7, 11) is 0. The van der Waals surface area contributed by atoms with E-state index in [1.165, 1.54) is 0 Å². The number of esters is 1. The standard InChI is InChI=1S/C16H26N2O2/c1-5-11(3)9-12(4)18-15-10-13(7-8-14(15)17)16(19)20-6-2/h7-8,10-12,18H,5-6,9,17H2,1-4H3. The molecule has 20 heavy (non-hydrogen) atoms. The number of ether oxygens (including phenoxy) is 1. The minimum Gasteiger partial charge on any atom is -0.462 e. The number of hydrogen-bond acceptors (Lipinski definition) is 4. The predicted molar refractivity (Wildman–Crippen MR) is 84.0 cm³/mol. The Morgan fingerprint density at radius 2 is 2.05 bits per heavy atom. The van der Waals surface area contributed by atoms with Crippen LogP contribution in [0.4, 0.5) is 11.4 Å². The second kappa shape index (κ2) is 7.78. The van der Waals surface area contributed by atoms with Crippen LogP contribution < -0.4 is 11.1 Å². The lowest BCUT2D eigenvalue weighted by Gasteiger charge is -2.20. The molecule has 1 aromatic rings. The molecule has 0 saturated heterocycles. The Morgan fingerprint density at radius 3 is 2.65 bits per heavy atom. The third kappa shape index (κ3) is 4.76. The van der Waals surface area contributed by atoms with Crippen LogP contribution in [0.3, 0.4) is 0 Å². The molecule has 0 aromatic heterocycles. The first-order chi connectivity index (χ1) is 9.47. The lowest BCUT2D eigenvalue weighted by Crippen LogP contribution is -2.19. The van der Waals surface area contributed by atoms with E-state index in [9.17, 15) is 4.79 Å². The van der Waals surface area contributed by atoms with Gasteiger partial charge < -0.3 is 15.8 Å². The highest BCUT2D eigenvalue weighted by atomic mass is 16.5. The van der Waals surface area contributed by atoms with Crippen molar-refractivity contribution in [2.24, 2.45) is 5.92 Å². The van der Waals surface area contributed by atoms with E-state index in [2.05, 4.69) is 26.1 Å². The summed E-state index contributed by atoms with van der Waals surface area (Å²) in [4.78, 5) is 11.7. The van der Waals surface area contributed by atoms with E-state index in [0.29, 0.717) is 29.8 Å². The van der Waals surface area contributed by atoms with Gasteiger partial charge in [0.1, 0.15) is 0 Å². The van der Waals surface area contributed by atoms with Crippen LogP contribution in [0.1, 0.15) is 50.9 Å². The van der Waals surface area contributed by atoms with Crippen molar-refractivity contribution in [3.8, 4) is 0 Å². The Morgan fingerprint density at radius 1 is 1.35 bits per heavy atom. The second-order valence-corrected chi connectivity index (χ2v) is 5.32. The number of carbonyl (C=O) groups excluding carboxylic acids is 1. The maximum Gasteiger partial charge on any atom is 0.338 e. The molecule has 0 aliphatic rings. The van der Waals surface area contributed by atoms with E-state index in [1.54, 1.807) is 25.1 Å². The Hall–Kier alpha value is -1.71. The Labute approximate surface area is 121 Å². The fraction of sp³-hybridized carbons (Fsp3) is 0.562. The summed E-state index contributed by atoms with van der Waals surface area (Å²) in [6, 6.07) is 5.51. The smallest absolute Gasteiger partial charge is 0.338 e. The van der Waals surface area contributed by atoms with Crippen molar-refractivity contribution in [2.45, 2.75) is 46.6 Å².